The molecule has 0 saturated heterocycles. The molecule has 0 bridgehead atoms. The van der Waals surface area contributed by atoms with E-state index in [0.29, 0.717) is 23.9 Å². The summed E-state index contributed by atoms with van der Waals surface area (Å²) in [5.41, 5.74) is 1.05. The zero-order valence-corrected chi connectivity index (χ0v) is 11.9. The third-order valence-corrected chi connectivity index (χ3v) is 2.74. The van der Waals surface area contributed by atoms with E-state index in [-0.39, 0.29) is 12.5 Å². The summed E-state index contributed by atoms with van der Waals surface area (Å²) in [6.07, 6.45) is 0. The molecule has 0 fully saturated rings. The normalized spacial score (nSPS) is 10.3. The van der Waals surface area contributed by atoms with Gasteiger partial charge in [-0.15, -0.1) is 0 Å². The molecule has 5 nitrogen and oxygen atoms in total. The van der Waals surface area contributed by atoms with Crippen LogP contribution < -0.4 is 15.4 Å². The Morgan fingerprint density at radius 2 is 2.21 bits per heavy atom. The molecule has 0 radical (unpaired) electrons. The van der Waals surface area contributed by atoms with E-state index in [1.54, 1.807) is 20.2 Å². The average Bonchev–Trinajstić information content (AvgIpc) is 2.42. The molecule has 0 saturated carbocycles. The summed E-state index contributed by atoms with van der Waals surface area (Å²) in [6.45, 7) is 2.12. The molecule has 1 rings (SSSR count). The molecule has 0 aliphatic rings. The Bertz CT molecular complexity index is 413. The van der Waals surface area contributed by atoms with Crippen molar-refractivity contribution >= 4 is 17.5 Å². The number of ether oxygens (including phenoxy) is 2. The summed E-state index contributed by atoms with van der Waals surface area (Å²) >= 11 is 6.09. The Hall–Kier alpha value is -1.30. The van der Waals surface area contributed by atoms with E-state index in [0.717, 1.165) is 12.1 Å². The van der Waals surface area contributed by atoms with Gasteiger partial charge in [-0.3, -0.25) is 4.79 Å². The standard InChI is InChI=1S/C13H19ClN2O3/c1-15-13(17)9-19-12-4-3-10(7-11(12)14)8-16-5-6-18-2/h3-4,7,16H,5-6,8-9H2,1-2H3,(H,15,17). The molecule has 0 aromatic heterocycles. The third-order valence-electron chi connectivity index (χ3n) is 2.45. The van der Waals surface area contributed by atoms with Gasteiger partial charge in [0.05, 0.1) is 11.6 Å². The summed E-state index contributed by atoms with van der Waals surface area (Å²) in [7, 11) is 3.22. The first-order chi connectivity index (χ1) is 9.17. The van der Waals surface area contributed by atoms with Crippen LogP contribution in [0, 0.1) is 0 Å². The molecule has 0 aliphatic heterocycles. The number of nitrogens with one attached hydrogen (secondary N) is 2. The van der Waals surface area contributed by atoms with Gasteiger partial charge in [0.15, 0.2) is 6.61 Å². The lowest BCUT2D eigenvalue weighted by Gasteiger charge is -2.09. The lowest BCUT2D eigenvalue weighted by atomic mass is 10.2. The van der Waals surface area contributed by atoms with Gasteiger partial charge in [-0.1, -0.05) is 17.7 Å². The lowest BCUT2D eigenvalue weighted by Crippen LogP contribution is -2.24. The molecule has 0 atom stereocenters. The van der Waals surface area contributed by atoms with E-state index >= 15 is 0 Å². The molecule has 6 heteroatoms. The molecule has 0 spiro atoms. The zero-order valence-electron chi connectivity index (χ0n) is 11.2. The zero-order chi connectivity index (χ0) is 14.1. The molecule has 0 aliphatic carbocycles. The summed E-state index contributed by atoms with van der Waals surface area (Å²) in [4.78, 5) is 11.1. The summed E-state index contributed by atoms with van der Waals surface area (Å²) in [6, 6.07) is 5.49. The second-order valence-corrected chi connectivity index (χ2v) is 4.30. The fourth-order valence-electron chi connectivity index (χ4n) is 1.39. The largest absolute Gasteiger partial charge is 0.482 e. The minimum Gasteiger partial charge on any atom is -0.482 e. The fraction of sp³-hybridized carbons (Fsp3) is 0.462. The first kappa shape index (κ1) is 15.8. The molecule has 1 aromatic rings. The first-order valence-electron chi connectivity index (χ1n) is 5.99. The average molecular weight is 287 g/mol. The number of hydrogen-bond acceptors (Lipinski definition) is 4. The predicted molar refractivity (Wildman–Crippen MR) is 74.6 cm³/mol. The Balaban J connectivity index is 2.47. The number of halogens is 1. The van der Waals surface area contributed by atoms with Gasteiger partial charge in [0.2, 0.25) is 0 Å². The minimum atomic E-state index is -0.193. The molecule has 0 heterocycles. The van der Waals surface area contributed by atoms with Crippen LogP contribution in [0.4, 0.5) is 0 Å². The van der Waals surface area contributed by atoms with E-state index in [9.17, 15) is 4.79 Å². The highest BCUT2D eigenvalue weighted by Gasteiger charge is 2.05. The van der Waals surface area contributed by atoms with Crippen LogP contribution in [0.1, 0.15) is 5.56 Å². The predicted octanol–water partition coefficient (Wildman–Crippen LogP) is 1.20. The maximum absolute atomic E-state index is 11.1. The summed E-state index contributed by atoms with van der Waals surface area (Å²) in [5.74, 6) is 0.312. The van der Waals surface area contributed by atoms with Crippen molar-refractivity contribution in [2.24, 2.45) is 0 Å². The van der Waals surface area contributed by atoms with Crippen molar-refractivity contribution in [2.75, 3.05) is 33.9 Å². The van der Waals surface area contributed by atoms with Crippen molar-refractivity contribution in [3.8, 4) is 5.75 Å². The van der Waals surface area contributed by atoms with Crippen molar-refractivity contribution < 1.29 is 14.3 Å². The third kappa shape index (κ3) is 5.92. The topological polar surface area (TPSA) is 59.6 Å². The van der Waals surface area contributed by atoms with Gasteiger partial charge in [0.1, 0.15) is 5.75 Å². The lowest BCUT2D eigenvalue weighted by molar-refractivity contribution is -0.122. The molecular formula is C13H19ClN2O3. The monoisotopic (exact) mass is 286 g/mol. The van der Waals surface area contributed by atoms with Gasteiger partial charge in [0.25, 0.3) is 5.91 Å². The van der Waals surface area contributed by atoms with Crippen LogP contribution in [-0.4, -0.2) is 39.8 Å². The molecular weight excluding hydrogens is 268 g/mol. The minimum absolute atomic E-state index is 0.0400. The van der Waals surface area contributed by atoms with E-state index in [1.165, 1.54) is 0 Å². The second kappa shape index (κ2) is 8.74. The number of benzene rings is 1. The highest BCUT2D eigenvalue weighted by atomic mass is 35.5. The van der Waals surface area contributed by atoms with Crippen molar-refractivity contribution in [3.63, 3.8) is 0 Å². The van der Waals surface area contributed by atoms with Gasteiger partial charge < -0.3 is 20.1 Å². The van der Waals surface area contributed by atoms with E-state index in [2.05, 4.69) is 10.6 Å². The molecule has 2 N–H and O–H groups in total. The van der Waals surface area contributed by atoms with Gasteiger partial charge in [-0.05, 0) is 17.7 Å². The summed E-state index contributed by atoms with van der Waals surface area (Å²) < 4.78 is 10.2. The maximum atomic E-state index is 11.1. The van der Waals surface area contributed by atoms with Crippen LogP contribution in [0.3, 0.4) is 0 Å². The smallest absolute Gasteiger partial charge is 0.257 e. The van der Waals surface area contributed by atoms with Crippen LogP contribution in [0.2, 0.25) is 5.02 Å². The van der Waals surface area contributed by atoms with E-state index in [1.807, 2.05) is 12.1 Å². The maximum Gasteiger partial charge on any atom is 0.257 e. The SMILES string of the molecule is CNC(=O)COc1ccc(CNCCOC)cc1Cl. The van der Waals surface area contributed by atoms with Gasteiger partial charge in [0, 0.05) is 27.2 Å². The molecule has 0 unspecified atom stereocenters. The van der Waals surface area contributed by atoms with Crippen LogP contribution in [-0.2, 0) is 16.1 Å². The molecule has 1 aromatic carbocycles. The van der Waals surface area contributed by atoms with Crippen LogP contribution in [0.5, 0.6) is 5.75 Å². The van der Waals surface area contributed by atoms with Gasteiger partial charge in [-0.2, -0.15) is 0 Å². The summed E-state index contributed by atoms with van der Waals surface area (Å²) in [5, 5.41) is 6.19. The number of carbonyl (C=O) groups is 1. The van der Waals surface area contributed by atoms with Crippen molar-refractivity contribution in [2.45, 2.75) is 6.54 Å². The number of hydrogen-bond donors (Lipinski definition) is 2. The second-order valence-electron chi connectivity index (χ2n) is 3.90. The highest BCUT2D eigenvalue weighted by Crippen LogP contribution is 2.25. The number of carbonyl (C=O) groups excluding carboxylic acids is 1. The number of likely N-dealkylation sites (N-methyl/N-ethyl adjacent to an activating group) is 1. The van der Waals surface area contributed by atoms with E-state index in [4.69, 9.17) is 21.1 Å². The number of methoxy groups -OCH3 is 1. The molecule has 106 valence electrons. The number of rotatable bonds is 8. The molecule has 1 amide bonds. The Kier molecular flexibility index (Phi) is 7.25. The van der Waals surface area contributed by atoms with Gasteiger partial charge in [-0.25, -0.2) is 0 Å². The first-order valence-corrected chi connectivity index (χ1v) is 6.36. The van der Waals surface area contributed by atoms with Crippen LogP contribution in [0.25, 0.3) is 0 Å². The molecule has 19 heavy (non-hydrogen) atoms. The van der Waals surface area contributed by atoms with Crippen molar-refractivity contribution in [1.82, 2.24) is 10.6 Å². The van der Waals surface area contributed by atoms with E-state index < -0.39 is 0 Å². The van der Waals surface area contributed by atoms with Crippen LogP contribution in [0.15, 0.2) is 18.2 Å². The Morgan fingerprint density at radius 1 is 1.42 bits per heavy atom. The fourth-order valence-corrected chi connectivity index (χ4v) is 1.65. The quantitative estimate of drug-likeness (QED) is 0.705. The highest BCUT2D eigenvalue weighted by molar-refractivity contribution is 6.32. The van der Waals surface area contributed by atoms with Crippen molar-refractivity contribution in [3.05, 3.63) is 28.8 Å². The Morgan fingerprint density at radius 3 is 2.84 bits per heavy atom. The van der Waals surface area contributed by atoms with Crippen LogP contribution >= 0.6 is 11.6 Å². The number of amides is 1. The van der Waals surface area contributed by atoms with Crippen molar-refractivity contribution in [1.29, 1.82) is 0 Å². The van der Waals surface area contributed by atoms with Gasteiger partial charge >= 0.3 is 0 Å². The Labute approximate surface area is 118 Å².